The van der Waals surface area contributed by atoms with Crippen LogP contribution in [0.3, 0.4) is 0 Å². The van der Waals surface area contributed by atoms with Crippen molar-refractivity contribution in [3.63, 3.8) is 0 Å². The van der Waals surface area contributed by atoms with Crippen LogP contribution in [-0.4, -0.2) is 20.8 Å². The zero-order chi connectivity index (χ0) is 13.9. The Bertz CT molecular complexity index is 361. The van der Waals surface area contributed by atoms with E-state index in [2.05, 4.69) is 30.3 Å². The molecule has 2 rings (SSSR count). The predicted octanol–water partition coefficient (Wildman–Crippen LogP) is 3.80. The van der Waals surface area contributed by atoms with E-state index in [1.807, 2.05) is 18.7 Å². The van der Waals surface area contributed by atoms with Crippen molar-refractivity contribution >= 4 is 0 Å². The van der Waals surface area contributed by atoms with Crippen molar-refractivity contribution in [2.75, 3.05) is 0 Å². The zero-order valence-electron chi connectivity index (χ0n) is 12.5. The standard InChI is InChI=1S/C16H28N2O/c1-16(2,3)15(19)14(18-10-9-17-12-18)11-13-7-5-4-6-8-13/h9-10,12-15,19H,4-8,11H2,1-3H3. The molecule has 0 bridgehead atoms. The average Bonchev–Trinajstić information content (AvgIpc) is 2.89. The lowest BCUT2D eigenvalue weighted by atomic mass is 9.78. The largest absolute Gasteiger partial charge is 0.390 e. The van der Waals surface area contributed by atoms with Gasteiger partial charge in [-0.15, -0.1) is 0 Å². The first-order valence-electron chi connectivity index (χ1n) is 7.64. The van der Waals surface area contributed by atoms with Crippen molar-refractivity contribution in [1.29, 1.82) is 0 Å². The van der Waals surface area contributed by atoms with Crippen LogP contribution < -0.4 is 0 Å². The van der Waals surface area contributed by atoms with E-state index in [1.54, 1.807) is 0 Å². The van der Waals surface area contributed by atoms with E-state index in [9.17, 15) is 5.11 Å². The highest BCUT2D eigenvalue weighted by molar-refractivity contribution is 4.90. The van der Waals surface area contributed by atoms with Crippen LogP contribution in [0.25, 0.3) is 0 Å². The Morgan fingerprint density at radius 3 is 2.47 bits per heavy atom. The van der Waals surface area contributed by atoms with Crippen LogP contribution in [0, 0.1) is 11.3 Å². The van der Waals surface area contributed by atoms with E-state index in [1.165, 1.54) is 32.1 Å². The smallest absolute Gasteiger partial charge is 0.0949 e. The number of aliphatic hydroxyl groups excluding tert-OH is 1. The highest BCUT2D eigenvalue weighted by atomic mass is 16.3. The Labute approximate surface area is 117 Å². The maximum Gasteiger partial charge on any atom is 0.0949 e. The van der Waals surface area contributed by atoms with Crippen molar-refractivity contribution in [2.24, 2.45) is 11.3 Å². The first kappa shape index (κ1) is 14.6. The van der Waals surface area contributed by atoms with Crippen LogP contribution in [0.5, 0.6) is 0 Å². The second-order valence-corrected chi connectivity index (χ2v) is 7.13. The van der Waals surface area contributed by atoms with Gasteiger partial charge in [0.25, 0.3) is 0 Å². The molecule has 2 unspecified atom stereocenters. The minimum Gasteiger partial charge on any atom is -0.390 e. The van der Waals surface area contributed by atoms with Crippen molar-refractivity contribution in [3.05, 3.63) is 18.7 Å². The molecule has 0 amide bonds. The summed E-state index contributed by atoms with van der Waals surface area (Å²) in [5, 5.41) is 10.7. The van der Waals surface area contributed by atoms with Gasteiger partial charge in [-0.25, -0.2) is 4.98 Å². The normalized spacial score (nSPS) is 21.3. The SMILES string of the molecule is CC(C)(C)C(O)C(CC1CCCCC1)n1ccnc1. The fourth-order valence-electron chi connectivity index (χ4n) is 3.22. The van der Waals surface area contributed by atoms with Crippen molar-refractivity contribution in [3.8, 4) is 0 Å². The molecule has 3 heteroatoms. The number of imidazole rings is 1. The maximum atomic E-state index is 10.7. The molecule has 1 heterocycles. The summed E-state index contributed by atoms with van der Waals surface area (Å²) in [6.45, 7) is 6.34. The summed E-state index contributed by atoms with van der Waals surface area (Å²) in [6.07, 6.45) is 13.1. The monoisotopic (exact) mass is 264 g/mol. The summed E-state index contributed by atoms with van der Waals surface area (Å²) in [5.41, 5.74) is -0.0936. The van der Waals surface area contributed by atoms with Gasteiger partial charge < -0.3 is 9.67 Å². The Kier molecular flexibility index (Phi) is 4.67. The summed E-state index contributed by atoms with van der Waals surface area (Å²) in [6, 6.07) is 0.158. The topological polar surface area (TPSA) is 38.0 Å². The predicted molar refractivity (Wildman–Crippen MR) is 77.9 cm³/mol. The van der Waals surface area contributed by atoms with Crippen LogP contribution >= 0.6 is 0 Å². The van der Waals surface area contributed by atoms with Gasteiger partial charge in [-0.2, -0.15) is 0 Å². The van der Waals surface area contributed by atoms with E-state index in [0.29, 0.717) is 0 Å². The van der Waals surface area contributed by atoms with Gasteiger partial charge in [-0.1, -0.05) is 52.9 Å². The number of aromatic nitrogens is 2. The summed E-state index contributed by atoms with van der Waals surface area (Å²) in [5.74, 6) is 0.762. The molecule has 0 saturated heterocycles. The van der Waals surface area contributed by atoms with Crippen molar-refractivity contribution in [1.82, 2.24) is 9.55 Å². The highest BCUT2D eigenvalue weighted by Crippen LogP contribution is 2.36. The summed E-state index contributed by atoms with van der Waals surface area (Å²) >= 11 is 0. The molecule has 1 aliphatic rings. The first-order valence-corrected chi connectivity index (χ1v) is 7.64. The fourth-order valence-corrected chi connectivity index (χ4v) is 3.22. The molecule has 2 atom stereocenters. The molecule has 1 saturated carbocycles. The van der Waals surface area contributed by atoms with Gasteiger partial charge in [0.05, 0.1) is 18.5 Å². The molecule has 1 aromatic rings. The van der Waals surface area contributed by atoms with Gasteiger partial charge in [0.2, 0.25) is 0 Å². The van der Waals surface area contributed by atoms with Gasteiger partial charge in [0.1, 0.15) is 0 Å². The first-order chi connectivity index (χ1) is 8.98. The molecule has 3 nitrogen and oxygen atoms in total. The molecule has 108 valence electrons. The quantitative estimate of drug-likeness (QED) is 0.898. The van der Waals surface area contributed by atoms with E-state index >= 15 is 0 Å². The lowest BCUT2D eigenvalue weighted by Gasteiger charge is -2.36. The molecular formula is C16H28N2O. The third-order valence-corrected chi connectivity index (χ3v) is 4.46. The Hall–Kier alpha value is -0.830. The van der Waals surface area contributed by atoms with Crippen LogP contribution in [0.15, 0.2) is 18.7 Å². The van der Waals surface area contributed by atoms with Gasteiger partial charge in [0.15, 0.2) is 0 Å². The molecule has 0 aromatic carbocycles. The van der Waals surface area contributed by atoms with Gasteiger partial charge in [0, 0.05) is 12.4 Å². The molecule has 1 N–H and O–H groups in total. The number of aliphatic hydroxyl groups is 1. The van der Waals surface area contributed by atoms with Crippen LogP contribution in [0.1, 0.15) is 65.3 Å². The van der Waals surface area contributed by atoms with E-state index in [0.717, 1.165) is 12.3 Å². The molecule has 1 aromatic heterocycles. The molecular weight excluding hydrogens is 236 g/mol. The molecule has 1 fully saturated rings. The number of hydrogen-bond donors (Lipinski definition) is 1. The fraction of sp³-hybridized carbons (Fsp3) is 0.812. The number of hydrogen-bond acceptors (Lipinski definition) is 2. The molecule has 1 aliphatic carbocycles. The summed E-state index contributed by atoms with van der Waals surface area (Å²) in [7, 11) is 0. The number of rotatable bonds is 4. The van der Waals surface area contributed by atoms with Crippen LogP contribution in [0.4, 0.5) is 0 Å². The third-order valence-electron chi connectivity index (χ3n) is 4.46. The molecule has 0 aliphatic heterocycles. The Morgan fingerprint density at radius 2 is 1.95 bits per heavy atom. The lowest BCUT2D eigenvalue weighted by Crippen LogP contribution is -2.36. The lowest BCUT2D eigenvalue weighted by molar-refractivity contribution is 0.00593. The van der Waals surface area contributed by atoms with Gasteiger partial charge in [-0.05, 0) is 17.8 Å². The Balaban J connectivity index is 2.10. The highest BCUT2D eigenvalue weighted by Gasteiger charge is 2.33. The zero-order valence-corrected chi connectivity index (χ0v) is 12.5. The second-order valence-electron chi connectivity index (χ2n) is 7.13. The van der Waals surface area contributed by atoms with Crippen LogP contribution in [-0.2, 0) is 0 Å². The molecule has 0 spiro atoms. The maximum absolute atomic E-state index is 10.7. The average molecular weight is 264 g/mol. The van der Waals surface area contributed by atoms with Crippen molar-refractivity contribution in [2.45, 2.75) is 71.4 Å². The summed E-state index contributed by atoms with van der Waals surface area (Å²) in [4.78, 5) is 4.15. The van der Waals surface area contributed by atoms with E-state index in [4.69, 9.17) is 0 Å². The summed E-state index contributed by atoms with van der Waals surface area (Å²) < 4.78 is 2.10. The molecule has 19 heavy (non-hydrogen) atoms. The Morgan fingerprint density at radius 1 is 1.26 bits per heavy atom. The van der Waals surface area contributed by atoms with Gasteiger partial charge >= 0.3 is 0 Å². The third kappa shape index (κ3) is 3.82. The van der Waals surface area contributed by atoms with E-state index < -0.39 is 0 Å². The number of nitrogens with zero attached hydrogens (tertiary/aromatic N) is 2. The second kappa shape index (κ2) is 6.08. The van der Waals surface area contributed by atoms with E-state index in [-0.39, 0.29) is 17.6 Å². The minimum absolute atomic E-state index is 0.0936. The van der Waals surface area contributed by atoms with Gasteiger partial charge in [-0.3, -0.25) is 0 Å². The van der Waals surface area contributed by atoms with Crippen molar-refractivity contribution < 1.29 is 5.11 Å². The minimum atomic E-state index is -0.330. The molecule has 0 radical (unpaired) electrons. The van der Waals surface area contributed by atoms with Crippen LogP contribution in [0.2, 0.25) is 0 Å².